The smallest absolute Gasteiger partial charge is 0.134 e. The zero-order chi connectivity index (χ0) is 16.1. The Hall–Kier alpha value is -2.34. The van der Waals surface area contributed by atoms with Crippen LogP contribution < -0.4 is 16.0 Å². The van der Waals surface area contributed by atoms with Gasteiger partial charge in [0.25, 0.3) is 0 Å². The van der Waals surface area contributed by atoms with Crippen LogP contribution in [0.5, 0.6) is 5.75 Å². The van der Waals surface area contributed by atoms with Crippen LogP contribution in [0.25, 0.3) is 11.0 Å². The number of furan rings is 1. The lowest BCUT2D eigenvalue weighted by atomic mass is 10.1. The maximum Gasteiger partial charge on any atom is 0.134 e. The van der Waals surface area contributed by atoms with E-state index in [9.17, 15) is 0 Å². The number of hydrogen-bond acceptors (Lipinski definition) is 5. The van der Waals surface area contributed by atoms with Crippen molar-refractivity contribution in [1.29, 1.82) is 0 Å². The molecule has 0 aliphatic rings. The minimum Gasteiger partial charge on any atom is -0.497 e. The van der Waals surface area contributed by atoms with Crippen LogP contribution in [-0.2, 0) is 11.4 Å². The van der Waals surface area contributed by atoms with Gasteiger partial charge in [0, 0.05) is 11.9 Å². The van der Waals surface area contributed by atoms with Gasteiger partial charge < -0.3 is 19.3 Å². The summed E-state index contributed by atoms with van der Waals surface area (Å²) in [6.07, 6.45) is 0. The lowest BCUT2D eigenvalue weighted by Crippen LogP contribution is -2.26. The Kier molecular flexibility index (Phi) is 4.92. The first kappa shape index (κ1) is 15.6. The summed E-state index contributed by atoms with van der Waals surface area (Å²) < 4.78 is 11.1. The van der Waals surface area contributed by atoms with Gasteiger partial charge in [-0.1, -0.05) is 30.3 Å². The molecule has 0 unspecified atom stereocenters. The normalized spacial score (nSPS) is 12.4. The molecule has 1 aromatic heterocycles. The monoisotopic (exact) mass is 312 g/mol. The first-order valence-electron chi connectivity index (χ1n) is 7.46. The Morgan fingerprint density at radius 3 is 2.61 bits per heavy atom. The van der Waals surface area contributed by atoms with Gasteiger partial charge in [-0.15, -0.1) is 0 Å². The van der Waals surface area contributed by atoms with Gasteiger partial charge in [0.1, 0.15) is 17.1 Å². The summed E-state index contributed by atoms with van der Waals surface area (Å²) >= 11 is 0. The van der Waals surface area contributed by atoms with Crippen molar-refractivity contribution in [3.8, 4) is 5.75 Å². The van der Waals surface area contributed by atoms with E-state index in [4.69, 9.17) is 19.9 Å². The molecule has 3 aromatic rings. The lowest BCUT2D eigenvalue weighted by Gasteiger charge is -2.15. The number of nitrogens with two attached hydrogens (primary N) is 1. The molecule has 0 saturated heterocycles. The van der Waals surface area contributed by atoms with Crippen LogP contribution >= 0.6 is 0 Å². The van der Waals surface area contributed by atoms with E-state index < -0.39 is 0 Å². The van der Waals surface area contributed by atoms with E-state index in [1.165, 1.54) is 0 Å². The molecule has 0 aliphatic carbocycles. The molecule has 23 heavy (non-hydrogen) atoms. The second-order valence-electron chi connectivity index (χ2n) is 5.30. The van der Waals surface area contributed by atoms with E-state index in [1.54, 1.807) is 7.11 Å². The topological polar surface area (TPSA) is 69.7 Å². The molecule has 1 heterocycles. The van der Waals surface area contributed by atoms with E-state index in [0.29, 0.717) is 13.2 Å². The van der Waals surface area contributed by atoms with Gasteiger partial charge in [-0.3, -0.25) is 0 Å². The van der Waals surface area contributed by atoms with Crippen molar-refractivity contribution in [2.24, 2.45) is 5.90 Å². The van der Waals surface area contributed by atoms with Crippen molar-refractivity contribution >= 4 is 11.0 Å². The van der Waals surface area contributed by atoms with Gasteiger partial charge >= 0.3 is 0 Å². The Balaban J connectivity index is 1.72. The van der Waals surface area contributed by atoms with E-state index >= 15 is 0 Å². The van der Waals surface area contributed by atoms with Crippen molar-refractivity contribution < 1.29 is 14.0 Å². The van der Waals surface area contributed by atoms with Crippen molar-refractivity contribution in [3.63, 3.8) is 0 Å². The van der Waals surface area contributed by atoms with E-state index in [-0.39, 0.29) is 6.04 Å². The van der Waals surface area contributed by atoms with Crippen molar-refractivity contribution in [2.45, 2.75) is 12.6 Å². The number of benzene rings is 2. The predicted octanol–water partition coefficient (Wildman–Crippen LogP) is 3.16. The molecule has 0 spiro atoms. The van der Waals surface area contributed by atoms with Gasteiger partial charge in [0.2, 0.25) is 0 Å². The number of nitrogens with one attached hydrogen (secondary N) is 1. The molecule has 0 amide bonds. The van der Waals surface area contributed by atoms with Crippen LogP contribution in [0.15, 0.2) is 59.0 Å². The summed E-state index contributed by atoms with van der Waals surface area (Å²) in [5, 5.41) is 4.48. The number of methoxy groups -OCH3 is 1. The van der Waals surface area contributed by atoms with Gasteiger partial charge in [0.05, 0.1) is 19.8 Å². The van der Waals surface area contributed by atoms with Gasteiger partial charge in [-0.2, -0.15) is 0 Å². The Morgan fingerprint density at radius 2 is 1.91 bits per heavy atom. The average molecular weight is 312 g/mol. The maximum absolute atomic E-state index is 5.89. The van der Waals surface area contributed by atoms with E-state index in [1.807, 2.05) is 54.6 Å². The molecule has 0 radical (unpaired) electrons. The quantitative estimate of drug-likeness (QED) is 0.656. The molecule has 0 bridgehead atoms. The van der Waals surface area contributed by atoms with Crippen LogP contribution in [0.3, 0.4) is 0 Å². The van der Waals surface area contributed by atoms with Crippen LogP contribution in [0.4, 0.5) is 0 Å². The summed E-state index contributed by atoms with van der Waals surface area (Å²) in [4.78, 5) is 4.84. The molecule has 2 aromatic carbocycles. The van der Waals surface area contributed by atoms with Gasteiger partial charge in [-0.25, -0.2) is 5.90 Å². The lowest BCUT2D eigenvalue weighted by molar-refractivity contribution is 0.107. The SMILES string of the molecule is COc1ccc(CN[C@H](CON)c2cc3ccccc3o2)cc1. The third kappa shape index (κ3) is 3.71. The van der Waals surface area contributed by atoms with E-state index in [0.717, 1.165) is 28.0 Å². The molecule has 0 saturated carbocycles. The molecular weight excluding hydrogens is 292 g/mol. The summed E-state index contributed by atoms with van der Waals surface area (Å²) in [5.41, 5.74) is 2.00. The highest BCUT2D eigenvalue weighted by atomic mass is 16.6. The zero-order valence-electron chi connectivity index (χ0n) is 13.0. The zero-order valence-corrected chi connectivity index (χ0v) is 13.0. The maximum atomic E-state index is 5.89. The molecule has 3 rings (SSSR count). The average Bonchev–Trinajstić information content (AvgIpc) is 3.03. The molecule has 5 nitrogen and oxygen atoms in total. The Labute approximate surface area is 134 Å². The van der Waals surface area contributed by atoms with Crippen molar-refractivity contribution in [1.82, 2.24) is 5.32 Å². The van der Waals surface area contributed by atoms with Crippen LogP contribution in [0.1, 0.15) is 17.4 Å². The Morgan fingerprint density at radius 1 is 1.13 bits per heavy atom. The number of ether oxygens (including phenoxy) is 1. The molecule has 0 fully saturated rings. The highest BCUT2D eigenvalue weighted by Gasteiger charge is 2.16. The highest BCUT2D eigenvalue weighted by Crippen LogP contribution is 2.24. The van der Waals surface area contributed by atoms with Crippen LogP contribution in [0.2, 0.25) is 0 Å². The summed E-state index contributed by atoms with van der Waals surface area (Å²) in [6.45, 7) is 1.01. The summed E-state index contributed by atoms with van der Waals surface area (Å²) in [5.74, 6) is 6.92. The minimum atomic E-state index is -0.116. The van der Waals surface area contributed by atoms with Crippen LogP contribution in [-0.4, -0.2) is 13.7 Å². The van der Waals surface area contributed by atoms with Gasteiger partial charge in [0.15, 0.2) is 0 Å². The molecular formula is C18H20N2O3. The van der Waals surface area contributed by atoms with Crippen molar-refractivity contribution in [3.05, 3.63) is 65.9 Å². The number of fused-ring (bicyclic) bond motifs is 1. The highest BCUT2D eigenvalue weighted by molar-refractivity contribution is 5.77. The summed E-state index contributed by atoms with van der Waals surface area (Å²) in [6, 6.07) is 17.7. The van der Waals surface area contributed by atoms with E-state index in [2.05, 4.69) is 5.32 Å². The number of para-hydroxylation sites is 1. The van der Waals surface area contributed by atoms with Crippen molar-refractivity contribution in [2.75, 3.05) is 13.7 Å². The van der Waals surface area contributed by atoms with Gasteiger partial charge in [-0.05, 0) is 29.8 Å². The molecule has 3 N–H and O–H groups in total. The molecule has 0 aliphatic heterocycles. The Bertz CT molecular complexity index is 719. The molecule has 120 valence electrons. The predicted molar refractivity (Wildman–Crippen MR) is 88.9 cm³/mol. The summed E-state index contributed by atoms with van der Waals surface area (Å²) in [7, 11) is 1.66. The largest absolute Gasteiger partial charge is 0.497 e. The molecule has 5 heteroatoms. The minimum absolute atomic E-state index is 0.116. The first-order chi connectivity index (χ1) is 11.3. The second kappa shape index (κ2) is 7.28. The first-order valence-corrected chi connectivity index (χ1v) is 7.46. The second-order valence-corrected chi connectivity index (χ2v) is 5.30. The van der Waals surface area contributed by atoms with Crippen LogP contribution in [0, 0.1) is 0 Å². The number of hydrogen-bond donors (Lipinski definition) is 2. The fraction of sp³-hybridized carbons (Fsp3) is 0.222. The standard InChI is InChI=1S/C18H20N2O3/c1-21-15-8-6-13(7-9-15)11-20-16(12-22-19)18-10-14-4-2-3-5-17(14)23-18/h2-10,16,20H,11-12,19H2,1H3/t16-/m1/s1. The fourth-order valence-corrected chi connectivity index (χ4v) is 2.50. The fourth-order valence-electron chi connectivity index (χ4n) is 2.50. The third-order valence-electron chi connectivity index (χ3n) is 3.76. The molecule has 1 atom stereocenters. The third-order valence-corrected chi connectivity index (χ3v) is 3.76. The number of rotatable bonds is 7.